The number of ether oxygens (including phenoxy) is 2. The monoisotopic (exact) mass is 631 g/mol. The molecule has 0 radical (unpaired) electrons. The minimum atomic E-state index is -3.04. The number of hydrogen-bond donors (Lipinski definition) is 2. The fraction of sp³-hybridized carbons (Fsp3) is 0.393. The van der Waals surface area contributed by atoms with Crippen LogP contribution in [0.5, 0.6) is 5.75 Å². The predicted molar refractivity (Wildman–Crippen MR) is 152 cm³/mol. The first-order valence-corrected chi connectivity index (χ1v) is 13.7. The van der Waals surface area contributed by atoms with Gasteiger partial charge in [-0.05, 0) is 30.5 Å². The van der Waals surface area contributed by atoms with Crippen molar-refractivity contribution in [3.63, 3.8) is 0 Å². The van der Waals surface area contributed by atoms with Crippen LogP contribution in [-0.2, 0) is 16.1 Å². The van der Waals surface area contributed by atoms with E-state index in [1.54, 1.807) is 15.5 Å². The summed E-state index contributed by atoms with van der Waals surface area (Å²) >= 11 is 0. The highest BCUT2D eigenvalue weighted by Crippen LogP contribution is 2.35. The van der Waals surface area contributed by atoms with Crippen LogP contribution in [0.4, 0.5) is 29.1 Å². The molecule has 0 bridgehead atoms. The van der Waals surface area contributed by atoms with Gasteiger partial charge in [0.05, 0.1) is 50.2 Å². The summed E-state index contributed by atoms with van der Waals surface area (Å²) in [7, 11) is 2.44. The number of halogens is 4. The second kappa shape index (κ2) is 13.1. The van der Waals surface area contributed by atoms with E-state index in [9.17, 15) is 23.1 Å². The highest BCUT2D eigenvalue weighted by Gasteiger charge is 2.43. The number of pyridine rings is 1. The number of azo groups is 1. The quantitative estimate of drug-likeness (QED) is 0.150. The number of hydrogen-bond acceptors (Lipinski definition) is 12. The van der Waals surface area contributed by atoms with Crippen LogP contribution < -0.4 is 15.4 Å². The molecule has 1 aromatic carbocycles. The number of piperidine rings is 1. The standard InChI is InChI=1S/C28H29F4N9O4/c1-44-21-8-17(29)16(7-18(21)30)19-6-15(20(9-34-19)40-5-3-4-28(33,12-40)24(43)25(31)32)11-41-14-37-23-26(35-13-36-27(23)41)39-38-10-22(42)45-2/h6-9,13-14,24-25,43H,3-5,10-12,33H2,1-2H3/t24-,28-/m1/s1. The van der Waals surface area contributed by atoms with Gasteiger partial charge in [0, 0.05) is 24.7 Å². The molecule has 45 heavy (non-hydrogen) atoms. The predicted octanol–water partition coefficient (Wildman–Crippen LogP) is 3.40. The summed E-state index contributed by atoms with van der Waals surface area (Å²) in [6, 6.07) is 3.42. The summed E-state index contributed by atoms with van der Waals surface area (Å²) in [5.41, 5.74) is 6.23. The Balaban J connectivity index is 1.57. The molecule has 0 saturated carbocycles. The van der Waals surface area contributed by atoms with Gasteiger partial charge in [-0.2, -0.15) is 5.11 Å². The van der Waals surface area contributed by atoms with Crippen LogP contribution >= 0.6 is 0 Å². The first-order valence-electron chi connectivity index (χ1n) is 13.7. The lowest BCUT2D eigenvalue weighted by Crippen LogP contribution is -2.63. The SMILES string of the molecule is COC(=O)CN=Nc1ncnc2c1ncn2Cc1cc(-c2cc(F)c(OC)cc2F)ncc1N1CCC[C@](N)([C@H](O)C(F)F)C1. The smallest absolute Gasteiger partial charge is 0.329 e. The number of benzene rings is 1. The van der Waals surface area contributed by atoms with Crippen molar-refractivity contribution in [2.45, 2.75) is 37.5 Å². The number of aliphatic hydroxyl groups excluding tert-OH is 1. The second-order valence-electron chi connectivity index (χ2n) is 10.4. The molecular formula is C28H29F4N9O4. The van der Waals surface area contributed by atoms with Gasteiger partial charge < -0.3 is 29.8 Å². The highest BCUT2D eigenvalue weighted by molar-refractivity contribution is 5.81. The zero-order valence-corrected chi connectivity index (χ0v) is 24.2. The molecule has 1 fully saturated rings. The van der Waals surface area contributed by atoms with E-state index < -0.39 is 35.7 Å². The Kier molecular flexibility index (Phi) is 9.19. The molecular weight excluding hydrogens is 602 g/mol. The van der Waals surface area contributed by atoms with Gasteiger partial charge in [-0.1, -0.05) is 0 Å². The Morgan fingerprint density at radius 2 is 1.96 bits per heavy atom. The number of alkyl halides is 2. The van der Waals surface area contributed by atoms with Gasteiger partial charge in [-0.3, -0.25) is 4.98 Å². The van der Waals surface area contributed by atoms with Gasteiger partial charge in [-0.15, -0.1) is 5.11 Å². The molecule has 1 aliphatic heterocycles. The normalized spacial score (nSPS) is 17.8. The summed E-state index contributed by atoms with van der Waals surface area (Å²) in [6.45, 7) is 0.0254. The zero-order valence-electron chi connectivity index (χ0n) is 24.2. The number of nitrogens with zero attached hydrogens (tertiary/aromatic N) is 8. The largest absolute Gasteiger partial charge is 0.494 e. The van der Waals surface area contributed by atoms with Crippen molar-refractivity contribution in [3.05, 3.63) is 54.2 Å². The lowest BCUT2D eigenvalue weighted by molar-refractivity contribution is -0.138. The molecule has 0 spiro atoms. The van der Waals surface area contributed by atoms with E-state index >= 15 is 4.39 Å². The van der Waals surface area contributed by atoms with Crippen molar-refractivity contribution >= 4 is 28.6 Å². The highest BCUT2D eigenvalue weighted by atomic mass is 19.3. The number of methoxy groups -OCH3 is 2. The van der Waals surface area contributed by atoms with Gasteiger partial charge in [0.15, 0.2) is 29.3 Å². The van der Waals surface area contributed by atoms with Crippen molar-refractivity contribution in [1.29, 1.82) is 0 Å². The number of carbonyl (C=O) groups is 1. The molecule has 2 atom stereocenters. The third-order valence-corrected chi connectivity index (χ3v) is 7.52. The maximum atomic E-state index is 15.1. The van der Waals surface area contributed by atoms with Crippen LogP contribution in [0.3, 0.4) is 0 Å². The molecule has 0 amide bonds. The molecule has 238 valence electrons. The van der Waals surface area contributed by atoms with Crippen LogP contribution in [0.2, 0.25) is 0 Å². The third kappa shape index (κ3) is 6.53. The van der Waals surface area contributed by atoms with Crippen LogP contribution in [0.15, 0.2) is 47.3 Å². The van der Waals surface area contributed by atoms with Crippen molar-refractivity contribution in [2.75, 3.05) is 38.8 Å². The molecule has 4 aromatic rings. The minimum absolute atomic E-state index is 0.0584. The van der Waals surface area contributed by atoms with Gasteiger partial charge in [0.2, 0.25) is 5.82 Å². The summed E-state index contributed by atoms with van der Waals surface area (Å²) in [5.74, 6) is -2.34. The Labute approximate surface area is 253 Å². The molecule has 0 unspecified atom stereocenters. The molecule has 13 nitrogen and oxygen atoms in total. The summed E-state index contributed by atoms with van der Waals surface area (Å²) in [4.78, 5) is 30.2. The van der Waals surface area contributed by atoms with Crippen LogP contribution in [0, 0.1) is 11.6 Å². The van der Waals surface area contributed by atoms with Crippen molar-refractivity contribution in [3.8, 4) is 17.0 Å². The summed E-state index contributed by atoms with van der Waals surface area (Å²) < 4.78 is 67.7. The number of anilines is 1. The van der Waals surface area contributed by atoms with E-state index in [2.05, 4.69) is 34.9 Å². The Morgan fingerprint density at radius 1 is 1.16 bits per heavy atom. The Morgan fingerprint density at radius 3 is 2.69 bits per heavy atom. The zero-order chi connectivity index (χ0) is 32.3. The summed E-state index contributed by atoms with van der Waals surface area (Å²) in [5, 5.41) is 18.0. The number of fused-ring (bicyclic) bond motifs is 1. The van der Waals surface area contributed by atoms with Crippen LogP contribution in [0.1, 0.15) is 18.4 Å². The topological polar surface area (TPSA) is 166 Å². The van der Waals surface area contributed by atoms with E-state index in [1.807, 2.05) is 0 Å². The van der Waals surface area contributed by atoms with E-state index in [0.29, 0.717) is 29.9 Å². The van der Waals surface area contributed by atoms with Gasteiger partial charge in [0.25, 0.3) is 6.43 Å². The molecule has 3 aromatic heterocycles. The number of imidazole rings is 1. The first kappa shape index (κ1) is 31.6. The molecule has 4 heterocycles. The van der Waals surface area contributed by atoms with Gasteiger partial charge in [-0.25, -0.2) is 37.3 Å². The maximum Gasteiger partial charge on any atom is 0.329 e. The fourth-order valence-electron chi connectivity index (χ4n) is 5.21. The van der Waals surface area contributed by atoms with Crippen molar-refractivity contribution in [1.82, 2.24) is 24.5 Å². The van der Waals surface area contributed by atoms with Crippen molar-refractivity contribution in [2.24, 2.45) is 16.0 Å². The fourth-order valence-corrected chi connectivity index (χ4v) is 5.21. The van der Waals surface area contributed by atoms with Gasteiger partial charge >= 0.3 is 5.97 Å². The number of carbonyl (C=O) groups excluding carboxylic acids is 1. The second-order valence-corrected chi connectivity index (χ2v) is 10.4. The molecule has 1 aliphatic rings. The lowest BCUT2D eigenvalue weighted by Gasteiger charge is -2.44. The lowest BCUT2D eigenvalue weighted by atomic mass is 9.84. The molecule has 0 aliphatic carbocycles. The number of aliphatic hydroxyl groups is 1. The van der Waals surface area contributed by atoms with E-state index in [4.69, 9.17) is 10.5 Å². The average molecular weight is 632 g/mol. The minimum Gasteiger partial charge on any atom is -0.494 e. The molecule has 1 saturated heterocycles. The number of esters is 1. The van der Waals surface area contributed by atoms with E-state index in [1.165, 1.54) is 33.1 Å². The van der Waals surface area contributed by atoms with Crippen molar-refractivity contribution < 1.29 is 36.9 Å². The van der Waals surface area contributed by atoms with E-state index in [-0.39, 0.29) is 54.4 Å². The average Bonchev–Trinajstić information content (AvgIpc) is 3.44. The summed E-state index contributed by atoms with van der Waals surface area (Å²) in [6.07, 6.45) is -0.412. The first-order chi connectivity index (χ1) is 21.5. The van der Waals surface area contributed by atoms with Gasteiger partial charge in [0.1, 0.15) is 18.2 Å². The Bertz CT molecular complexity index is 1740. The molecule has 17 heteroatoms. The van der Waals surface area contributed by atoms with E-state index in [0.717, 1.165) is 12.1 Å². The maximum absolute atomic E-state index is 15.1. The Hall–Kier alpha value is -4.77. The van der Waals surface area contributed by atoms with Crippen LogP contribution in [0.25, 0.3) is 22.4 Å². The number of rotatable bonds is 10. The third-order valence-electron chi connectivity index (χ3n) is 7.52. The number of aromatic nitrogens is 5. The molecule has 5 rings (SSSR count). The number of nitrogens with two attached hydrogens (primary N) is 1. The molecule has 3 N–H and O–H groups in total. The van der Waals surface area contributed by atoms with Crippen LogP contribution in [-0.4, -0.2) is 87.5 Å².